The highest BCUT2D eigenvalue weighted by atomic mass is 16.3. The van der Waals surface area contributed by atoms with Crippen LogP contribution in [0.2, 0.25) is 0 Å². The van der Waals surface area contributed by atoms with Gasteiger partial charge >= 0.3 is 0 Å². The van der Waals surface area contributed by atoms with Crippen molar-refractivity contribution in [2.24, 2.45) is 11.8 Å². The highest BCUT2D eigenvalue weighted by Crippen LogP contribution is 2.47. The van der Waals surface area contributed by atoms with Gasteiger partial charge < -0.3 is 10.2 Å². The van der Waals surface area contributed by atoms with Crippen molar-refractivity contribution < 1.29 is 10.2 Å². The van der Waals surface area contributed by atoms with Gasteiger partial charge in [0.25, 0.3) is 0 Å². The molecular weight excluding hydrogens is 633 g/mol. The van der Waals surface area contributed by atoms with Crippen LogP contribution in [0.5, 0.6) is 11.5 Å². The predicted octanol–water partition coefficient (Wildman–Crippen LogP) is 14.6. The van der Waals surface area contributed by atoms with E-state index in [2.05, 4.69) is 98.8 Å². The summed E-state index contributed by atoms with van der Waals surface area (Å²) in [6, 6.07) is 38.9. The SMILES string of the molecule is CCCC1CCC(c2ccc(-c3ccc4ccc(O)c(-c5c(O)ccc6ccc(-c7ccc(C8CCC(CCC)CC8)cc7)cc56)c4c3)cc2)CC1. The Bertz CT molecular complexity index is 1990. The second-order valence-electron chi connectivity index (χ2n) is 16.0. The lowest BCUT2D eigenvalue weighted by Crippen LogP contribution is -2.13. The Hall–Kier alpha value is -4.56. The lowest BCUT2D eigenvalue weighted by molar-refractivity contribution is 0.308. The van der Waals surface area contributed by atoms with E-state index in [1.54, 1.807) is 12.1 Å². The molecule has 0 saturated heterocycles. The molecule has 0 spiro atoms. The molecule has 2 saturated carbocycles. The van der Waals surface area contributed by atoms with Crippen molar-refractivity contribution in [1.29, 1.82) is 0 Å². The van der Waals surface area contributed by atoms with Crippen molar-refractivity contribution in [2.75, 3.05) is 0 Å². The van der Waals surface area contributed by atoms with Crippen LogP contribution in [0.1, 0.15) is 114 Å². The molecule has 8 rings (SSSR count). The van der Waals surface area contributed by atoms with E-state index in [9.17, 15) is 10.2 Å². The second-order valence-corrected chi connectivity index (χ2v) is 16.0. The summed E-state index contributed by atoms with van der Waals surface area (Å²) in [5.41, 5.74) is 8.82. The fraction of sp³-hybridized carbons (Fsp3) is 0.360. The average Bonchev–Trinajstić information content (AvgIpc) is 3.19. The van der Waals surface area contributed by atoms with Gasteiger partial charge in [-0.2, -0.15) is 0 Å². The predicted molar refractivity (Wildman–Crippen MR) is 220 cm³/mol. The van der Waals surface area contributed by atoms with Gasteiger partial charge in [-0.25, -0.2) is 0 Å². The minimum Gasteiger partial charge on any atom is -0.507 e. The smallest absolute Gasteiger partial charge is 0.124 e. The van der Waals surface area contributed by atoms with Crippen LogP contribution >= 0.6 is 0 Å². The molecule has 2 heteroatoms. The standard InChI is InChI=1S/C50H54O2/c1-3-5-33-7-11-35(12-8-33)37-15-19-39(20-16-37)43-25-23-41-27-29-47(51)49(45(41)31-43)50-46-32-44(26-24-42(46)28-30-48(50)52)40-21-17-38(18-22-40)36-13-9-34(6-4-2)10-14-36/h15-36,51-52H,3-14H2,1-2H3. The lowest BCUT2D eigenvalue weighted by Gasteiger charge is -2.28. The first-order valence-corrected chi connectivity index (χ1v) is 20.2. The normalized spacial score (nSPS) is 20.7. The minimum absolute atomic E-state index is 0.171. The summed E-state index contributed by atoms with van der Waals surface area (Å²) in [7, 11) is 0. The third-order valence-corrected chi connectivity index (χ3v) is 12.8. The molecule has 2 fully saturated rings. The third-order valence-electron chi connectivity index (χ3n) is 12.8. The third kappa shape index (κ3) is 6.97. The number of aromatic hydroxyl groups is 2. The number of fused-ring (bicyclic) bond motifs is 2. The van der Waals surface area contributed by atoms with Crippen molar-refractivity contribution in [2.45, 2.75) is 103 Å². The molecule has 0 amide bonds. The Kier molecular flexibility index (Phi) is 10.1. The van der Waals surface area contributed by atoms with Gasteiger partial charge in [-0.15, -0.1) is 0 Å². The number of phenols is 2. The first kappa shape index (κ1) is 34.5. The van der Waals surface area contributed by atoms with Crippen LogP contribution < -0.4 is 0 Å². The van der Waals surface area contributed by atoms with Crippen LogP contribution in [0.25, 0.3) is 54.9 Å². The molecule has 2 aliphatic rings. The number of hydrogen-bond donors (Lipinski definition) is 2. The molecule has 52 heavy (non-hydrogen) atoms. The van der Waals surface area contributed by atoms with Gasteiger partial charge in [0.2, 0.25) is 0 Å². The van der Waals surface area contributed by atoms with Gasteiger partial charge in [0, 0.05) is 11.1 Å². The molecule has 0 heterocycles. The number of hydrogen-bond acceptors (Lipinski definition) is 2. The minimum atomic E-state index is 0.171. The molecule has 266 valence electrons. The number of phenolic OH excluding ortho intramolecular Hbond substituents is 2. The van der Waals surface area contributed by atoms with Crippen molar-refractivity contribution in [3.8, 4) is 44.9 Å². The highest BCUT2D eigenvalue weighted by molar-refractivity contribution is 6.11. The Morgan fingerprint density at radius 2 is 0.769 bits per heavy atom. The van der Waals surface area contributed by atoms with Gasteiger partial charge in [-0.1, -0.05) is 124 Å². The molecule has 0 bridgehead atoms. The summed E-state index contributed by atoms with van der Waals surface area (Å²) in [5, 5.41) is 27.0. The molecule has 0 radical (unpaired) electrons. The topological polar surface area (TPSA) is 40.5 Å². The number of rotatable bonds is 9. The molecule has 2 N–H and O–H groups in total. The average molecular weight is 687 g/mol. The monoisotopic (exact) mass is 686 g/mol. The summed E-state index contributed by atoms with van der Waals surface area (Å²) in [6.07, 6.45) is 15.9. The summed E-state index contributed by atoms with van der Waals surface area (Å²) < 4.78 is 0. The van der Waals surface area contributed by atoms with E-state index in [1.807, 2.05) is 12.1 Å². The maximum atomic E-state index is 11.5. The summed E-state index contributed by atoms with van der Waals surface area (Å²) in [6.45, 7) is 4.61. The van der Waals surface area contributed by atoms with Crippen LogP contribution in [-0.4, -0.2) is 10.2 Å². The first-order chi connectivity index (χ1) is 25.5. The van der Waals surface area contributed by atoms with Gasteiger partial charge in [-0.3, -0.25) is 0 Å². The Balaban J connectivity index is 1.11. The highest BCUT2D eigenvalue weighted by Gasteiger charge is 2.24. The van der Waals surface area contributed by atoms with E-state index >= 15 is 0 Å². The fourth-order valence-electron chi connectivity index (χ4n) is 9.78. The molecule has 0 atom stereocenters. The van der Waals surface area contributed by atoms with Crippen LogP contribution in [-0.2, 0) is 0 Å². The largest absolute Gasteiger partial charge is 0.507 e. The van der Waals surface area contributed by atoms with Crippen LogP contribution in [0.4, 0.5) is 0 Å². The van der Waals surface area contributed by atoms with Gasteiger partial charge in [0.05, 0.1) is 0 Å². The summed E-state index contributed by atoms with van der Waals surface area (Å²) in [5.74, 6) is 3.49. The van der Waals surface area contributed by atoms with Crippen LogP contribution in [0.3, 0.4) is 0 Å². The quantitative estimate of drug-likeness (QED) is 0.159. The Morgan fingerprint density at radius 1 is 0.423 bits per heavy atom. The molecule has 6 aromatic carbocycles. The zero-order valence-electron chi connectivity index (χ0n) is 31.1. The van der Waals surface area contributed by atoms with E-state index in [4.69, 9.17) is 0 Å². The van der Waals surface area contributed by atoms with Crippen molar-refractivity contribution in [3.05, 3.63) is 120 Å². The van der Waals surface area contributed by atoms with E-state index in [1.165, 1.54) is 99.3 Å². The maximum Gasteiger partial charge on any atom is 0.124 e. The maximum absolute atomic E-state index is 11.5. The fourth-order valence-corrected chi connectivity index (χ4v) is 9.78. The zero-order chi connectivity index (χ0) is 35.6. The second kappa shape index (κ2) is 15.2. The van der Waals surface area contributed by atoms with Gasteiger partial charge in [0.15, 0.2) is 0 Å². The van der Waals surface area contributed by atoms with E-state index < -0.39 is 0 Å². The molecule has 0 unspecified atom stereocenters. The van der Waals surface area contributed by atoms with Crippen LogP contribution in [0.15, 0.2) is 109 Å². The van der Waals surface area contributed by atoms with Gasteiger partial charge in [-0.05, 0) is 154 Å². The van der Waals surface area contributed by atoms with E-state index in [0.717, 1.165) is 44.5 Å². The molecular formula is C50H54O2. The Labute approximate surface area is 310 Å². The summed E-state index contributed by atoms with van der Waals surface area (Å²) in [4.78, 5) is 0. The molecule has 6 aromatic rings. The van der Waals surface area contributed by atoms with Crippen molar-refractivity contribution in [3.63, 3.8) is 0 Å². The van der Waals surface area contributed by atoms with Gasteiger partial charge in [0.1, 0.15) is 11.5 Å². The van der Waals surface area contributed by atoms with E-state index in [0.29, 0.717) is 23.0 Å². The molecule has 2 nitrogen and oxygen atoms in total. The lowest BCUT2D eigenvalue weighted by atomic mass is 9.77. The number of benzene rings is 6. The molecule has 0 aromatic heterocycles. The summed E-state index contributed by atoms with van der Waals surface area (Å²) >= 11 is 0. The van der Waals surface area contributed by atoms with Crippen LogP contribution in [0, 0.1) is 11.8 Å². The Morgan fingerprint density at radius 3 is 1.13 bits per heavy atom. The molecule has 0 aliphatic heterocycles. The first-order valence-electron chi connectivity index (χ1n) is 20.2. The molecule has 2 aliphatic carbocycles. The van der Waals surface area contributed by atoms with Crippen molar-refractivity contribution in [1.82, 2.24) is 0 Å². The zero-order valence-corrected chi connectivity index (χ0v) is 31.1. The van der Waals surface area contributed by atoms with Crippen molar-refractivity contribution >= 4 is 21.5 Å². The van der Waals surface area contributed by atoms with E-state index in [-0.39, 0.29) is 11.5 Å².